The molecule has 17 heavy (non-hydrogen) atoms. The highest BCUT2D eigenvalue weighted by Gasteiger charge is 2.26. The van der Waals surface area contributed by atoms with Crippen LogP contribution in [0.5, 0.6) is 0 Å². The van der Waals surface area contributed by atoms with Crippen LogP contribution in [0.3, 0.4) is 0 Å². The van der Waals surface area contributed by atoms with Gasteiger partial charge in [0.15, 0.2) is 0 Å². The summed E-state index contributed by atoms with van der Waals surface area (Å²) in [6.07, 6.45) is 7.73. The fourth-order valence-electron chi connectivity index (χ4n) is 2.21. The number of rotatable bonds is 4. The number of aryl methyl sites for hydroxylation is 1. The van der Waals surface area contributed by atoms with Gasteiger partial charge in [0, 0.05) is 23.1 Å². The van der Waals surface area contributed by atoms with Gasteiger partial charge in [0.05, 0.1) is 0 Å². The SMILES string of the molecule is CSC1CCCC1Nc1nc(NN)ncc1C. The fraction of sp³-hybridized carbons (Fsp3) is 0.636. The van der Waals surface area contributed by atoms with Crippen molar-refractivity contribution in [3.8, 4) is 0 Å². The monoisotopic (exact) mass is 253 g/mol. The second-order valence-corrected chi connectivity index (χ2v) is 5.40. The van der Waals surface area contributed by atoms with Crippen molar-refractivity contribution < 1.29 is 0 Å². The molecule has 1 aromatic heterocycles. The maximum absolute atomic E-state index is 5.32. The van der Waals surface area contributed by atoms with E-state index in [1.165, 1.54) is 19.3 Å². The minimum absolute atomic E-state index is 0.455. The van der Waals surface area contributed by atoms with Crippen LogP contribution in [-0.2, 0) is 0 Å². The lowest BCUT2D eigenvalue weighted by Crippen LogP contribution is -2.27. The van der Waals surface area contributed by atoms with Gasteiger partial charge in [-0.1, -0.05) is 6.42 Å². The molecule has 4 N–H and O–H groups in total. The molecule has 0 saturated heterocycles. The summed E-state index contributed by atoms with van der Waals surface area (Å²) in [6.45, 7) is 2.01. The van der Waals surface area contributed by atoms with Gasteiger partial charge in [-0.15, -0.1) is 0 Å². The molecule has 6 heteroatoms. The number of nitrogens with two attached hydrogens (primary N) is 1. The van der Waals surface area contributed by atoms with Crippen LogP contribution in [0.4, 0.5) is 11.8 Å². The summed E-state index contributed by atoms with van der Waals surface area (Å²) in [5.41, 5.74) is 3.53. The quantitative estimate of drug-likeness (QED) is 0.561. The Balaban J connectivity index is 2.12. The molecule has 1 aliphatic rings. The zero-order chi connectivity index (χ0) is 12.3. The van der Waals surface area contributed by atoms with Crippen LogP contribution in [0.15, 0.2) is 6.20 Å². The number of nitrogens with one attached hydrogen (secondary N) is 2. The van der Waals surface area contributed by atoms with Gasteiger partial charge in [-0.05, 0) is 26.0 Å². The molecule has 0 aromatic carbocycles. The Labute approximate surface area is 106 Å². The lowest BCUT2D eigenvalue weighted by atomic mass is 10.2. The van der Waals surface area contributed by atoms with E-state index in [-0.39, 0.29) is 0 Å². The van der Waals surface area contributed by atoms with E-state index in [2.05, 4.69) is 27.0 Å². The average Bonchev–Trinajstić information content (AvgIpc) is 2.79. The topological polar surface area (TPSA) is 75.9 Å². The Morgan fingerprint density at radius 2 is 2.29 bits per heavy atom. The van der Waals surface area contributed by atoms with Gasteiger partial charge in [-0.25, -0.2) is 10.8 Å². The van der Waals surface area contributed by atoms with Crippen molar-refractivity contribution in [1.82, 2.24) is 9.97 Å². The lowest BCUT2D eigenvalue weighted by molar-refractivity contribution is 0.761. The third-order valence-corrected chi connectivity index (χ3v) is 4.35. The first-order valence-corrected chi connectivity index (χ1v) is 7.13. The Kier molecular flexibility index (Phi) is 4.06. The minimum atomic E-state index is 0.455. The zero-order valence-corrected chi connectivity index (χ0v) is 11.0. The summed E-state index contributed by atoms with van der Waals surface area (Å²) in [5, 5.41) is 4.20. The van der Waals surface area contributed by atoms with E-state index in [0.29, 0.717) is 17.2 Å². The highest BCUT2D eigenvalue weighted by Crippen LogP contribution is 2.31. The van der Waals surface area contributed by atoms with E-state index in [9.17, 15) is 0 Å². The van der Waals surface area contributed by atoms with E-state index >= 15 is 0 Å². The van der Waals surface area contributed by atoms with E-state index in [1.807, 2.05) is 18.7 Å². The Bertz CT molecular complexity index is 384. The molecule has 1 aliphatic carbocycles. The Morgan fingerprint density at radius 1 is 1.47 bits per heavy atom. The van der Waals surface area contributed by atoms with Gasteiger partial charge in [-0.2, -0.15) is 16.7 Å². The van der Waals surface area contributed by atoms with E-state index in [0.717, 1.165) is 11.4 Å². The van der Waals surface area contributed by atoms with Gasteiger partial charge in [0.2, 0.25) is 5.95 Å². The van der Waals surface area contributed by atoms with Crippen molar-refractivity contribution in [2.24, 2.45) is 5.84 Å². The molecule has 2 rings (SSSR count). The number of hydrogen-bond donors (Lipinski definition) is 3. The van der Waals surface area contributed by atoms with Crippen molar-refractivity contribution in [2.75, 3.05) is 17.0 Å². The lowest BCUT2D eigenvalue weighted by Gasteiger charge is -2.20. The summed E-state index contributed by atoms with van der Waals surface area (Å²) in [4.78, 5) is 8.43. The van der Waals surface area contributed by atoms with Gasteiger partial charge >= 0.3 is 0 Å². The molecule has 5 nitrogen and oxygen atoms in total. The van der Waals surface area contributed by atoms with Crippen LogP contribution >= 0.6 is 11.8 Å². The molecule has 0 spiro atoms. The normalized spacial score (nSPS) is 23.7. The van der Waals surface area contributed by atoms with Gasteiger partial charge in [0.1, 0.15) is 5.82 Å². The fourth-order valence-corrected chi connectivity index (χ4v) is 3.14. The first-order chi connectivity index (χ1) is 8.24. The highest BCUT2D eigenvalue weighted by atomic mass is 32.2. The van der Waals surface area contributed by atoms with Crippen molar-refractivity contribution in [3.05, 3.63) is 11.8 Å². The van der Waals surface area contributed by atoms with E-state index in [1.54, 1.807) is 6.20 Å². The number of nitrogen functional groups attached to an aromatic ring is 1. The standard InChI is InChI=1S/C11H19N5S/c1-7-6-13-11(16-12)15-10(7)14-8-4-3-5-9(8)17-2/h6,8-9H,3-5,12H2,1-2H3,(H2,13,14,15,16). The molecule has 0 bridgehead atoms. The third kappa shape index (κ3) is 2.81. The summed E-state index contributed by atoms with van der Waals surface area (Å²) < 4.78 is 0. The molecule has 1 aromatic rings. The van der Waals surface area contributed by atoms with Crippen LogP contribution in [0.2, 0.25) is 0 Å². The highest BCUT2D eigenvalue weighted by molar-refractivity contribution is 7.99. The molecular formula is C11H19N5S. The first kappa shape index (κ1) is 12.4. The summed E-state index contributed by atoms with van der Waals surface area (Å²) in [7, 11) is 0. The number of anilines is 2. The maximum atomic E-state index is 5.32. The van der Waals surface area contributed by atoms with Crippen LogP contribution in [0.25, 0.3) is 0 Å². The van der Waals surface area contributed by atoms with Crippen LogP contribution in [0.1, 0.15) is 24.8 Å². The summed E-state index contributed by atoms with van der Waals surface area (Å²) >= 11 is 1.93. The van der Waals surface area contributed by atoms with Crippen LogP contribution < -0.4 is 16.6 Å². The van der Waals surface area contributed by atoms with Gasteiger partial charge in [-0.3, -0.25) is 5.43 Å². The number of hydrazine groups is 1. The van der Waals surface area contributed by atoms with Crippen molar-refractivity contribution in [1.29, 1.82) is 0 Å². The molecule has 0 amide bonds. The van der Waals surface area contributed by atoms with Crippen LogP contribution in [0, 0.1) is 6.92 Å². The molecule has 1 saturated carbocycles. The number of hydrogen-bond acceptors (Lipinski definition) is 6. The molecule has 94 valence electrons. The van der Waals surface area contributed by atoms with Crippen LogP contribution in [-0.4, -0.2) is 27.5 Å². The predicted molar refractivity (Wildman–Crippen MR) is 73.1 cm³/mol. The van der Waals surface area contributed by atoms with E-state index in [4.69, 9.17) is 5.84 Å². The maximum Gasteiger partial charge on any atom is 0.239 e. The van der Waals surface area contributed by atoms with E-state index < -0.39 is 0 Å². The minimum Gasteiger partial charge on any atom is -0.366 e. The van der Waals surface area contributed by atoms with Crippen molar-refractivity contribution in [3.63, 3.8) is 0 Å². The summed E-state index contributed by atoms with van der Waals surface area (Å²) in [6, 6.07) is 0.504. The second kappa shape index (κ2) is 5.55. The predicted octanol–water partition coefficient (Wildman–Crippen LogP) is 1.77. The average molecular weight is 253 g/mol. The molecule has 1 fully saturated rings. The van der Waals surface area contributed by atoms with Crippen molar-refractivity contribution >= 4 is 23.5 Å². The second-order valence-electron chi connectivity index (χ2n) is 4.33. The van der Waals surface area contributed by atoms with Crippen molar-refractivity contribution in [2.45, 2.75) is 37.5 Å². The third-order valence-electron chi connectivity index (χ3n) is 3.18. The van der Waals surface area contributed by atoms with Gasteiger partial charge < -0.3 is 5.32 Å². The zero-order valence-electron chi connectivity index (χ0n) is 10.2. The largest absolute Gasteiger partial charge is 0.366 e. The Hall–Kier alpha value is -1.01. The molecule has 0 radical (unpaired) electrons. The molecule has 0 aliphatic heterocycles. The number of aromatic nitrogens is 2. The molecule has 2 atom stereocenters. The molecule has 1 heterocycles. The Morgan fingerprint density at radius 3 is 3.00 bits per heavy atom. The number of thioether (sulfide) groups is 1. The molecule has 2 unspecified atom stereocenters. The number of nitrogens with zero attached hydrogens (tertiary/aromatic N) is 2. The summed E-state index contributed by atoms with van der Waals surface area (Å²) in [5.74, 6) is 6.67. The van der Waals surface area contributed by atoms with Gasteiger partial charge in [0.25, 0.3) is 0 Å². The first-order valence-electron chi connectivity index (χ1n) is 5.84. The molecular weight excluding hydrogens is 234 g/mol. The smallest absolute Gasteiger partial charge is 0.239 e.